The number of hydrogen-bond acceptors (Lipinski definition) is 5. The number of hydrogen-bond donors (Lipinski definition) is 1. The highest BCUT2D eigenvalue weighted by Gasteiger charge is 2.12. The predicted molar refractivity (Wildman–Crippen MR) is 112 cm³/mol. The first-order valence-electron chi connectivity index (χ1n) is 9.51. The van der Waals surface area contributed by atoms with E-state index >= 15 is 0 Å². The summed E-state index contributed by atoms with van der Waals surface area (Å²) in [5.74, 6) is 0.507. The van der Waals surface area contributed by atoms with Gasteiger partial charge in [0.1, 0.15) is 12.4 Å². The van der Waals surface area contributed by atoms with Crippen LogP contribution in [0, 0.1) is 13.8 Å². The predicted octanol–water partition coefficient (Wildman–Crippen LogP) is 2.71. The summed E-state index contributed by atoms with van der Waals surface area (Å²) in [7, 11) is 1.64. The minimum atomic E-state index is -0.289. The van der Waals surface area contributed by atoms with Crippen molar-refractivity contribution in [1.29, 1.82) is 0 Å². The number of aromatic nitrogens is 6. The number of ether oxygens (including phenoxy) is 1. The van der Waals surface area contributed by atoms with Crippen LogP contribution in [-0.2, 0) is 13.2 Å². The van der Waals surface area contributed by atoms with Crippen molar-refractivity contribution >= 4 is 11.6 Å². The van der Waals surface area contributed by atoms with E-state index in [9.17, 15) is 4.79 Å². The standard InChI is InChI=1S/C21H23N7O2/c1-15-9-16(2)28(24-15)14-26-8-7-20(25-26)21(29)23-18-11-22-27(13-18)12-17-5-4-6-19(10-17)30-3/h4-11,13H,12,14H2,1-3H3,(H,23,29). The Morgan fingerprint density at radius 2 is 2.00 bits per heavy atom. The molecule has 0 spiro atoms. The van der Waals surface area contributed by atoms with Crippen LogP contribution < -0.4 is 10.1 Å². The largest absolute Gasteiger partial charge is 0.497 e. The molecule has 9 heteroatoms. The lowest BCUT2D eigenvalue weighted by molar-refractivity contribution is 0.102. The molecule has 3 aromatic heterocycles. The van der Waals surface area contributed by atoms with Crippen molar-refractivity contribution in [2.24, 2.45) is 0 Å². The number of nitrogens with one attached hydrogen (secondary N) is 1. The fraction of sp³-hybridized carbons (Fsp3) is 0.238. The number of methoxy groups -OCH3 is 1. The van der Waals surface area contributed by atoms with Gasteiger partial charge >= 0.3 is 0 Å². The van der Waals surface area contributed by atoms with Crippen molar-refractivity contribution in [3.05, 3.63) is 77.6 Å². The van der Waals surface area contributed by atoms with E-state index in [2.05, 4.69) is 20.6 Å². The maximum absolute atomic E-state index is 12.5. The van der Waals surface area contributed by atoms with E-state index in [-0.39, 0.29) is 5.91 Å². The molecule has 0 fully saturated rings. The van der Waals surface area contributed by atoms with E-state index in [1.54, 1.807) is 41.1 Å². The molecule has 0 unspecified atom stereocenters. The summed E-state index contributed by atoms with van der Waals surface area (Å²) in [6, 6.07) is 11.5. The second kappa shape index (κ2) is 8.24. The highest BCUT2D eigenvalue weighted by Crippen LogP contribution is 2.15. The SMILES string of the molecule is COc1cccc(Cn2cc(NC(=O)c3ccn(Cn4nc(C)cc4C)n3)cn2)c1. The van der Waals surface area contributed by atoms with Gasteiger partial charge in [0.25, 0.3) is 5.91 Å². The fourth-order valence-corrected chi connectivity index (χ4v) is 3.18. The molecule has 0 saturated heterocycles. The summed E-state index contributed by atoms with van der Waals surface area (Å²) < 4.78 is 10.5. The maximum atomic E-state index is 12.5. The molecule has 9 nitrogen and oxygen atoms in total. The molecule has 1 aromatic carbocycles. The molecule has 3 heterocycles. The lowest BCUT2D eigenvalue weighted by atomic mass is 10.2. The van der Waals surface area contributed by atoms with Gasteiger partial charge in [0.2, 0.25) is 0 Å². The molecule has 4 aromatic rings. The van der Waals surface area contributed by atoms with E-state index in [0.717, 1.165) is 22.7 Å². The van der Waals surface area contributed by atoms with Crippen molar-refractivity contribution < 1.29 is 9.53 Å². The average Bonchev–Trinajstić information content (AvgIpc) is 3.44. The van der Waals surface area contributed by atoms with Crippen LogP contribution in [0.5, 0.6) is 5.75 Å². The quantitative estimate of drug-likeness (QED) is 0.510. The third kappa shape index (κ3) is 4.40. The lowest BCUT2D eigenvalue weighted by Crippen LogP contribution is -2.15. The van der Waals surface area contributed by atoms with Crippen LogP contribution in [0.2, 0.25) is 0 Å². The molecule has 0 aliphatic rings. The fourth-order valence-electron chi connectivity index (χ4n) is 3.18. The smallest absolute Gasteiger partial charge is 0.276 e. The highest BCUT2D eigenvalue weighted by atomic mass is 16.5. The first-order valence-corrected chi connectivity index (χ1v) is 9.51. The molecule has 4 rings (SSSR count). The molecule has 0 atom stereocenters. The molecule has 1 amide bonds. The molecular weight excluding hydrogens is 382 g/mol. The molecule has 1 N–H and O–H groups in total. The Morgan fingerprint density at radius 3 is 2.77 bits per heavy atom. The third-order valence-electron chi connectivity index (χ3n) is 4.63. The van der Waals surface area contributed by atoms with Crippen LogP contribution in [0.25, 0.3) is 0 Å². The van der Waals surface area contributed by atoms with Crippen LogP contribution in [0.4, 0.5) is 5.69 Å². The van der Waals surface area contributed by atoms with Crippen LogP contribution in [0.15, 0.2) is 55.0 Å². The summed E-state index contributed by atoms with van der Waals surface area (Å²) in [6.07, 6.45) is 5.16. The zero-order chi connectivity index (χ0) is 21.1. The van der Waals surface area contributed by atoms with Gasteiger partial charge in [-0.1, -0.05) is 12.1 Å². The van der Waals surface area contributed by atoms with E-state index in [1.807, 2.05) is 48.9 Å². The lowest BCUT2D eigenvalue weighted by Gasteiger charge is -2.05. The Hall–Kier alpha value is -3.88. The second-order valence-electron chi connectivity index (χ2n) is 7.04. The van der Waals surface area contributed by atoms with E-state index in [1.165, 1.54) is 0 Å². The van der Waals surface area contributed by atoms with Gasteiger partial charge < -0.3 is 10.1 Å². The second-order valence-corrected chi connectivity index (χ2v) is 7.04. The first-order chi connectivity index (χ1) is 14.5. The van der Waals surface area contributed by atoms with Crippen molar-refractivity contribution in [1.82, 2.24) is 29.3 Å². The van der Waals surface area contributed by atoms with Crippen molar-refractivity contribution in [2.75, 3.05) is 12.4 Å². The number of aryl methyl sites for hydroxylation is 2. The number of amides is 1. The van der Waals surface area contributed by atoms with E-state index in [0.29, 0.717) is 24.6 Å². The molecule has 154 valence electrons. The normalized spacial score (nSPS) is 10.9. The molecule has 0 bridgehead atoms. The zero-order valence-corrected chi connectivity index (χ0v) is 17.1. The van der Waals surface area contributed by atoms with Gasteiger partial charge in [0.15, 0.2) is 5.69 Å². The Bertz CT molecular complexity index is 1170. The van der Waals surface area contributed by atoms with E-state index < -0.39 is 0 Å². The molecule has 0 radical (unpaired) electrons. The topological polar surface area (TPSA) is 91.8 Å². The Morgan fingerprint density at radius 1 is 1.13 bits per heavy atom. The van der Waals surface area contributed by atoms with Crippen molar-refractivity contribution in [2.45, 2.75) is 27.1 Å². The van der Waals surface area contributed by atoms with Gasteiger partial charge in [-0.3, -0.25) is 14.2 Å². The molecular formula is C21H23N7O2. The van der Waals surface area contributed by atoms with Crippen LogP contribution >= 0.6 is 0 Å². The maximum Gasteiger partial charge on any atom is 0.276 e. The minimum absolute atomic E-state index is 0.289. The number of nitrogens with zero attached hydrogens (tertiary/aromatic N) is 6. The van der Waals surface area contributed by atoms with Crippen LogP contribution in [0.3, 0.4) is 0 Å². The number of benzene rings is 1. The van der Waals surface area contributed by atoms with Gasteiger partial charge in [-0.2, -0.15) is 15.3 Å². The van der Waals surface area contributed by atoms with E-state index in [4.69, 9.17) is 4.74 Å². The Balaban J connectivity index is 1.38. The Kier molecular flexibility index (Phi) is 5.34. The molecule has 30 heavy (non-hydrogen) atoms. The van der Waals surface area contributed by atoms with Crippen LogP contribution in [0.1, 0.15) is 27.4 Å². The summed E-state index contributed by atoms with van der Waals surface area (Å²) >= 11 is 0. The molecule has 0 saturated carbocycles. The van der Waals surface area contributed by atoms with Crippen LogP contribution in [-0.4, -0.2) is 42.4 Å². The Labute approximate surface area is 173 Å². The number of rotatable bonds is 7. The van der Waals surface area contributed by atoms with Crippen molar-refractivity contribution in [3.63, 3.8) is 0 Å². The average molecular weight is 405 g/mol. The highest BCUT2D eigenvalue weighted by molar-refractivity contribution is 6.02. The molecule has 0 aliphatic heterocycles. The van der Waals surface area contributed by atoms with Gasteiger partial charge in [-0.05, 0) is 43.7 Å². The van der Waals surface area contributed by atoms with Gasteiger partial charge in [-0.25, -0.2) is 4.68 Å². The van der Waals surface area contributed by atoms with Gasteiger partial charge in [0.05, 0.1) is 31.2 Å². The van der Waals surface area contributed by atoms with Gasteiger partial charge in [0, 0.05) is 18.1 Å². The number of anilines is 1. The first kappa shape index (κ1) is 19.4. The monoisotopic (exact) mass is 405 g/mol. The summed E-state index contributed by atoms with van der Waals surface area (Å²) in [6.45, 7) is 4.95. The summed E-state index contributed by atoms with van der Waals surface area (Å²) in [5, 5.41) is 15.9. The third-order valence-corrected chi connectivity index (χ3v) is 4.63. The number of carbonyl (C=O) groups excluding carboxylic acids is 1. The zero-order valence-electron chi connectivity index (χ0n) is 17.1. The summed E-state index contributed by atoms with van der Waals surface area (Å²) in [4.78, 5) is 12.5. The summed E-state index contributed by atoms with van der Waals surface area (Å²) in [5.41, 5.74) is 3.98. The minimum Gasteiger partial charge on any atom is -0.497 e. The van der Waals surface area contributed by atoms with Crippen molar-refractivity contribution in [3.8, 4) is 5.75 Å². The molecule has 0 aliphatic carbocycles. The number of carbonyl (C=O) groups is 1. The van der Waals surface area contributed by atoms with Gasteiger partial charge in [-0.15, -0.1) is 0 Å².